The van der Waals surface area contributed by atoms with Crippen LogP contribution in [0.25, 0.3) is 0 Å². The van der Waals surface area contributed by atoms with Crippen molar-refractivity contribution in [1.29, 1.82) is 0 Å². The quantitative estimate of drug-likeness (QED) is 0.718. The van der Waals surface area contributed by atoms with Gasteiger partial charge in [0.05, 0.1) is 0 Å². The zero-order valence-electron chi connectivity index (χ0n) is 12.6. The van der Waals surface area contributed by atoms with Crippen molar-refractivity contribution in [2.75, 3.05) is 37.3 Å². The monoisotopic (exact) mass is 265 g/mol. The van der Waals surface area contributed by atoms with Crippen molar-refractivity contribution in [3.8, 4) is 0 Å². The molecule has 0 aliphatic heterocycles. The standard InChI is InChI=1S/C14H27N5/c1-5-8-16-14-17-9-7-13(18-14)15-10-11-19(4)12(3)6-2/h7,9,12H,5-6,8,10-11H2,1-4H3,(H2,15,16,17,18). The third-order valence-electron chi connectivity index (χ3n) is 3.30. The lowest BCUT2D eigenvalue weighted by Gasteiger charge is -2.23. The summed E-state index contributed by atoms with van der Waals surface area (Å²) in [5, 5.41) is 6.53. The van der Waals surface area contributed by atoms with Crippen LogP contribution in [0, 0.1) is 0 Å². The Morgan fingerprint density at radius 2 is 2.05 bits per heavy atom. The first-order chi connectivity index (χ1) is 9.17. The first kappa shape index (κ1) is 15.7. The second-order valence-electron chi connectivity index (χ2n) is 4.86. The lowest BCUT2D eigenvalue weighted by molar-refractivity contribution is 0.261. The van der Waals surface area contributed by atoms with E-state index in [2.05, 4.69) is 53.3 Å². The summed E-state index contributed by atoms with van der Waals surface area (Å²) < 4.78 is 0. The molecule has 1 unspecified atom stereocenters. The van der Waals surface area contributed by atoms with Gasteiger partial charge in [-0.2, -0.15) is 4.98 Å². The fourth-order valence-electron chi connectivity index (χ4n) is 1.67. The number of nitrogens with zero attached hydrogens (tertiary/aromatic N) is 3. The summed E-state index contributed by atoms with van der Waals surface area (Å²) in [6, 6.07) is 2.52. The maximum absolute atomic E-state index is 4.42. The Morgan fingerprint density at radius 1 is 1.26 bits per heavy atom. The molecular formula is C14H27N5. The lowest BCUT2D eigenvalue weighted by atomic mass is 10.2. The Balaban J connectivity index is 2.36. The van der Waals surface area contributed by atoms with E-state index in [9.17, 15) is 0 Å². The number of anilines is 2. The Morgan fingerprint density at radius 3 is 2.74 bits per heavy atom. The Bertz CT molecular complexity index is 355. The first-order valence-corrected chi connectivity index (χ1v) is 7.18. The minimum absolute atomic E-state index is 0.619. The van der Waals surface area contributed by atoms with Crippen LogP contribution in [0.3, 0.4) is 0 Å². The van der Waals surface area contributed by atoms with Crippen LogP contribution in [0.2, 0.25) is 0 Å². The molecule has 0 radical (unpaired) electrons. The van der Waals surface area contributed by atoms with Crippen LogP contribution in [-0.2, 0) is 0 Å². The van der Waals surface area contributed by atoms with E-state index in [-0.39, 0.29) is 0 Å². The Labute approximate surface area is 116 Å². The summed E-state index contributed by atoms with van der Waals surface area (Å²) in [6.07, 6.45) is 4.03. The van der Waals surface area contributed by atoms with Gasteiger partial charge in [0.1, 0.15) is 5.82 Å². The van der Waals surface area contributed by atoms with Gasteiger partial charge in [0.25, 0.3) is 0 Å². The van der Waals surface area contributed by atoms with Crippen molar-refractivity contribution in [1.82, 2.24) is 14.9 Å². The molecule has 0 aliphatic carbocycles. The zero-order valence-corrected chi connectivity index (χ0v) is 12.6. The zero-order chi connectivity index (χ0) is 14.1. The lowest BCUT2D eigenvalue weighted by Crippen LogP contribution is -2.32. The first-order valence-electron chi connectivity index (χ1n) is 7.18. The third kappa shape index (κ3) is 5.87. The van der Waals surface area contributed by atoms with Gasteiger partial charge in [-0.1, -0.05) is 13.8 Å². The van der Waals surface area contributed by atoms with Gasteiger partial charge in [0.15, 0.2) is 0 Å². The number of nitrogens with one attached hydrogen (secondary N) is 2. The van der Waals surface area contributed by atoms with Crippen molar-refractivity contribution in [3.05, 3.63) is 12.3 Å². The van der Waals surface area contributed by atoms with E-state index in [0.29, 0.717) is 12.0 Å². The summed E-state index contributed by atoms with van der Waals surface area (Å²) in [6.45, 7) is 9.39. The van der Waals surface area contributed by atoms with E-state index in [1.54, 1.807) is 6.20 Å². The van der Waals surface area contributed by atoms with Crippen molar-refractivity contribution in [2.45, 2.75) is 39.7 Å². The highest BCUT2D eigenvalue weighted by Gasteiger charge is 2.05. The number of likely N-dealkylation sites (N-methyl/N-ethyl adjacent to an activating group) is 1. The molecule has 2 N–H and O–H groups in total. The van der Waals surface area contributed by atoms with E-state index in [4.69, 9.17) is 0 Å². The smallest absolute Gasteiger partial charge is 0.224 e. The molecule has 0 bridgehead atoms. The van der Waals surface area contributed by atoms with Gasteiger partial charge < -0.3 is 15.5 Å². The van der Waals surface area contributed by atoms with E-state index in [0.717, 1.165) is 31.9 Å². The maximum atomic E-state index is 4.42. The largest absolute Gasteiger partial charge is 0.369 e. The van der Waals surface area contributed by atoms with Crippen LogP contribution in [0.5, 0.6) is 0 Å². The highest BCUT2D eigenvalue weighted by atomic mass is 15.2. The Hall–Kier alpha value is -1.36. The average molecular weight is 265 g/mol. The molecule has 5 heteroatoms. The van der Waals surface area contributed by atoms with Crippen LogP contribution in [-0.4, -0.2) is 47.6 Å². The molecule has 1 aromatic heterocycles. The molecule has 0 spiro atoms. The van der Waals surface area contributed by atoms with E-state index >= 15 is 0 Å². The fraction of sp³-hybridized carbons (Fsp3) is 0.714. The van der Waals surface area contributed by atoms with Gasteiger partial charge in [-0.25, -0.2) is 4.98 Å². The molecule has 1 heterocycles. The van der Waals surface area contributed by atoms with Crippen molar-refractivity contribution >= 4 is 11.8 Å². The van der Waals surface area contributed by atoms with Crippen molar-refractivity contribution in [3.63, 3.8) is 0 Å². The van der Waals surface area contributed by atoms with Crippen LogP contribution < -0.4 is 10.6 Å². The van der Waals surface area contributed by atoms with E-state index < -0.39 is 0 Å². The predicted octanol–water partition coefficient (Wildman–Crippen LogP) is 2.44. The van der Waals surface area contributed by atoms with E-state index in [1.807, 2.05) is 6.07 Å². The Kier molecular flexibility index (Phi) is 7.18. The van der Waals surface area contributed by atoms with Gasteiger partial charge in [0, 0.05) is 31.9 Å². The maximum Gasteiger partial charge on any atom is 0.224 e. The summed E-state index contributed by atoms with van der Waals surface area (Å²) in [7, 11) is 2.16. The van der Waals surface area contributed by atoms with Crippen molar-refractivity contribution in [2.24, 2.45) is 0 Å². The summed E-state index contributed by atoms with van der Waals surface area (Å²) in [5.41, 5.74) is 0. The summed E-state index contributed by atoms with van der Waals surface area (Å²) in [4.78, 5) is 11.0. The molecular weight excluding hydrogens is 238 g/mol. The summed E-state index contributed by atoms with van der Waals surface area (Å²) >= 11 is 0. The molecule has 19 heavy (non-hydrogen) atoms. The van der Waals surface area contributed by atoms with Gasteiger partial charge in [-0.15, -0.1) is 0 Å². The number of aromatic nitrogens is 2. The minimum atomic E-state index is 0.619. The molecule has 0 aliphatic rings. The number of hydrogen-bond acceptors (Lipinski definition) is 5. The van der Waals surface area contributed by atoms with E-state index in [1.165, 1.54) is 6.42 Å². The molecule has 1 atom stereocenters. The molecule has 108 valence electrons. The molecule has 0 saturated carbocycles. The van der Waals surface area contributed by atoms with Crippen LogP contribution in [0.1, 0.15) is 33.6 Å². The average Bonchev–Trinajstić information content (AvgIpc) is 2.44. The number of rotatable bonds is 9. The van der Waals surface area contributed by atoms with Crippen LogP contribution in [0.15, 0.2) is 12.3 Å². The second kappa shape index (κ2) is 8.69. The van der Waals surface area contributed by atoms with Gasteiger partial charge in [-0.05, 0) is 32.9 Å². The molecule has 0 aromatic carbocycles. The normalized spacial score (nSPS) is 12.5. The van der Waals surface area contributed by atoms with Gasteiger partial charge in [-0.3, -0.25) is 0 Å². The highest BCUT2D eigenvalue weighted by Crippen LogP contribution is 2.06. The molecule has 5 nitrogen and oxygen atoms in total. The molecule has 0 saturated heterocycles. The van der Waals surface area contributed by atoms with Gasteiger partial charge in [0.2, 0.25) is 5.95 Å². The highest BCUT2D eigenvalue weighted by molar-refractivity contribution is 5.39. The molecule has 1 rings (SSSR count). The summed E-state index contributed by atoms with van der Waals surface area (Å²) in [5.74, 6) is 1.58. The number of hydrogen-bond donors (Lipinski definition) is 2. The SMILES string of the molecule is CCCNc1nccc(NCCN(C)C(C)CC)n1. The van der Waals surface area contributed by atoms with Gasteiger partial charge >= 0.3 is 0 Å². The second-order valence-corrected chi connectivity index (χ2v) is 4.86. The van der Waals surface area contributed by atoms with Crippen molar-refractivity contribution < 1.29 is 0 Å². The predicted molar refractivity (Wildman–Crippen MR) is 81.7 cm³/mol. The minimum Gasteiger partial charge on any atom is -0.369 e. The van der Waals surface area contributed by atoms with Crippen LogP contribution in [0.4, 0.5) is 11.8 Å². The molecule has 0 amide bonds. The fourth-order valence-corrected chi connectivity index (χ4v) is 1.67. The molecule has 0 fully saturated rings. The third-order valence-corrected chi connectivity index (χ3v) is 3.30. The topological polar surface area (TPSA) is 53.1 Å². The molecule has 1 aromatic rings. The van der Waals surface area contributed by atoms with Crippen LogP contribution >= 0.6 is 0 Å².